The molecule has 0 spiro atoms. The predicted octanol–water partition coefficient (Wildman–Crippen LogP) is 4.43. The Morgan fingerprint density at radius 3 is 2.46 bits per heavy atom. The number of likely N-dealkylation sites (N-methyl/N-ethyl adjacent to an activating group) is 1. The zero-order chi connectivity index (χ0) is 28.9. The monoisotopic (exact) mass is 561 g/mol. The summed E-state index contributed by atoms with van der Waals surface area (Å²) >= 11 is 0. The minimum Gasteiger partial charge on any atom is -0.326 e. The number of nitrogens with one attached hydrogen (secondary N) is 2. The minimum absolute atomic E-state index is 0.0568. The molecule has 3 aromatic heterocycles. The lowest BCUT2D eigenvalue weighted by atomic mass is 9.98. The summed E-state index contributed by atoms with van der Waals surface area (Å²) < 4.78 is 32.1. The fourth-order valence-corrected chi connectivity index (χ4v) is 5.86. The van der Waals surface area contributed by atoms with E-state index in [9.17, 15) is 4.79 Å². The summed E-state index contributed by atoms with van der Waals surface area (Å²) in [7, 11) is 0. The molecule has 41 heavy (non-hydrogen) atoms. The van der Waals surface area contributed by atoms with E-state index in [1.807, 2.05) is 18.4 Å². The van der Waals surface area contributed by atoms with Crippen molar-refractivity contribution in [1.29, 1.82) is 0 Å². The summed E-state index contributed by atoms with van der Waals surface area (Å²) in [6, 6.07) is 4.62. The van der Waals surface area contributed by atoms with Crippen LogP contribution in [0.15, 0.2) is 30.6 Å². The van der Waals surface area contributed by atoms with Crippen LogP contribution in [0.1, 0.15) is 38.6 Å². The molecule has 4 aromatic rings. The van der Waals surface area contributed by atoms with E-state index in [0.29, 0.717) is 29.4 Å². The van der Waals surface area contributed by atoms with Crippen LogP contribution in [0, 0.1) is 18.6 Å². The first-order valence-electron chi connectivity index (χ1n) is 13.8. The molecule has 0 saturated carbocycles. The number of hydrogen-bond donors (Lipinski definition) is 2. The van der Waals surface area contributed by atoms with Crippen molar-refractivity contribution in [3.05, 3.63) is 53.6 Å². The molecule has 1 saturated heterocycles. The maximum atomic E-state index is 15.3. The molecule has 0 atom stereocenters. The molecule has 214 valence electrons. The van der Waals surface area contributed by atoms with Crippen molar-refractivity contribution in [1.82, 2.24) is 34.3 Å². The Labute approximate surface area is 236 Å². The number of hydrogen-bond acceptors (Lipinski definition) is 8. The van der Waals surface area contributed by atoms with E-state index in [1.54, 1.807) is 25.3 Å². The number of fused-ring (bicyclic) bond motifs is 6. The van der Waals surface area contributed by atoms with Gasteiger partial charge in [0.1, 0.15) is 22.9 Å². The fourth-order valence-electron chi connectivity index (χ4n) is 5.86. The third-order valence-corrected chi connectivity index (χ3v) is 7.90. The van der Waals surface area contributed by atoms with Crippen molar-refractivity contribution in [3.63, 3.8) is 0 Å². The quantitative estimate of drug-likeness (QED) is 0.379. The third-order valence-electron chi connectivity index (χ3n) is 7.90. The smallest absolute Gasteiger partial charge is 0.229 e. The Morgan fingerprint density at radius 2 is 1.71 bits per heavy atom. The molecule has 1 aromatic carbocycles. The zero-order valence-electron chi connectivity index (χ0n) is 23.6. The highest BCUT2D eigenvalue weighted by atomic mass is 19.1. The number of halogens is 2. The second-order valence-electron chi connectivity index (χ2n) is 11.3. The van der Waals surface area contributed by atoms with Gasteiger partial charge < -0.3 is 20.1 Å². The van der Waals surface area contributed by atoms with E-state index in [-0.39, 0.29) is 35.1 Å². The predicted molar refractivity (Wildman–Crippen MR) is 153 cm³/mol. The molecule has 10 nitrogen and oxygen atoms in total. The normalized spacial score (nSPS) is 17.7. The van der Waals surface area contributed by atoms with Gasteiger partial charge in [-0.2, -0.15) is 0 Å². The van der Waals surface area contributed by atoms with Gasteiger partial charge in [0.2, 0.25) is 11.9 Å². The molecule has 0 unspecified atom stereocenters. The average molecular weight is 562 g/mol. The maximum Gasteiger partial charge on any atom is 0.229 e. The van der Waals surface area contributed by atoms with Gasteiger partial charge in [-0.3, -0.25) is 9.69 Å². The van der Waals surface area contributed by atoms with Crippen LogP contribution in [0.25, 0.3) is 22.3 Å². The van der Waals surface area contributed by atoms with Gasteiger partial charge in [0.05, 0.1) is 23.8 Å². The highest BCUT2D eigenvalue weighted by Crippen LogP contribution is 2.34. The Balaban J connectivity index is 1.45. The average Bonchev–Trinajstić information content (AvgIpc) is 3.28. The van der Waals surface area contributed by atoms with Crippen molar-refractivity contribution in [3.8, 4) is 11.3 Å². The number of rotatable bonds is 3. The first kappa shape index (κ1) is 27.2. The SMILES string of the molecule is CCN1CCN(Cc2cnc3cc2NC(=O)CC(C)(C)n2c(C)nc4c(F)cc(cc42)-c2nc(ncc2F)N3)CC1. The lowest BCUT2D eigenvalue weighted by Gasteiger charge is -2.34. The number of aryl methyl sites for hydroxylation is 1. The first-order valence-corrected chi connectivity index (χ1v) is 13.8. The molecule has 2 aliphatic rings. The summed E-state index contributed by atoms with van der Waals surface area (Å²) in [6.45, 7) is 13.2. The molecule has 0 aliphatic carbocycles. The number of imidazole rings is 1. The highest BCUT2D eigenvalue weighted by molar-refractivity contribution is 5.93. The first-order chi connectivity index (χ1) is 19.6. The van der Waals surface area contributed by atoms with E-state index in [2.05, 4.69) is 47.3 Å². The molecule has 0 radical (unpaired) electrons. The van der Waals surface area contributed by atoms with Crippen molar-refractivity contribution >= 4 is 34.4 Å². The van der Waals surface area contributed by atoms with Crippen LogP contribution in [0.5, 0.6) is 0 Å². The molecule has 6 rings (SSSR count). The van der Waals surface area contributed by atoms with Gasteiger partial charge in [0.15, 0.2) is 11.6 Å². The number of nitrogens with zero attached hydrogens (tertiary/aromatic N) is 7. The molecule has 5 heterocycles. The van der Waals surface area contributed by atoms with Gasteiger partial charge in [0, 0.05) is 61.7 Å². The zero-order valence-corrected chi connectivity index (χ0v) is 23.6. The topological polar surface area (TPSA) is 104 Å². The second kappa shape index (κ2) is 10.4. The number of benzene rings is 1. The van der Waals surface area contributed by atoms with Crippen molar-refractivity contribution in [2.75, 3.05) is 43.4 Å². The number of piperazine rings is 1. The van der Waals surface area contributed by atoms with Crippen LogP contribution < -0.4 is 10.6 Å². The summed E-state index contributed by atoms with van der Waals surface area (Å²) in [6.07, 6.45) is 2.87. The summed E-state index contributed by atoms with van der Waals surface area (Å²) in [5, 5.41) is 6.12. The Morgan fingerprint density at radius 1 is 0.951 bits per heavy atom. The fraction of sp³-hybridized carbons (Fsp3) is 0.414. The van der Waals surface area contributed by atoms with Crippen LogP contribution in [-0.2, 0) is 16.9 Å². The number of anilines is 3. The summed E-state index contributed by atoms with van der Waals surface area (Å²) in [4.78, 5) is 35.7. The van der Waals surface area contributed by atoms with E-state index in [0.717, 1.165) is 44.5 Å². The van der Waals surface area contributed by atoms with E-state index >= 15 is 8.78 Å². The Hall–Kier alpha value is -4.03. The number of pyridine rings is 1. The molecule has 12 heteroatoms. The number of aromatic nitrogens is 5. The van der Waals surface area contributed by atoms with Crippen molar-refractivity contribution in [2.45, 2.75) is 46.2 Å². The molecular weight excluding hydrogens is 528 g/mol. The van der Waals surface area contributed by atoms with Gasteiger partial charge in [-0.15, -0.1) is 0 Å². The van der Waals surface area contributed by atoms with Crippen LogP contribution in [0.2, 0.25) is 0 Å². The van der Waals surface area contributed by atoms with Crippen LogP contribution in [0.3, 0.4) is 0 Å². The standard InChI is InChI=1S/C29H33F2N9O/c1-5-38-6-8-39(9-7-38)16-19-14-32-24-12-22(19)35-25(41)13-29(3,4)40-17(2)34-27-20(30)10-18(11-23(27)40)26-21(31)15-33-28(36-24)37-26/h10-12,14-15H,5-9,13,16H2,1-4H3,(H,35,41)(H,32,33,36,37). The van der Waals surface area contributed by atoms with Crippen LogP contribution >= 0.6 is 0 Å². The van der Waals surface area contributed by atoms with Gasteiger partial charge in [-0.25, -0.2) is 28.7 Å². The van der Waals surface area contributed by atoms with Gasteiger partial charge in [0.25, 0.3) is 0 Å². The van der Waals surface area contributed by atoms with Crippen molar-refractivity contribution < 1.29 is 13.6 Å². The molecular formula is C29H33F2N9O. The van der Waals surface area contributed by atoms with Crippen molar-refractivity contribution in [2.24, 2.45) is 0 Å². The third kappa shape index (κ3) is 5.24. The number of carbonyl (C=O) groups excluding carboxylic acids is 1. The van der Waals surface area contributed by atoms with E-state index in [4.69, 9.17) is 0 Å². The largest absolute Gasteiger partial charge is 0.326 e. The molecule has 2 aliphatic heterocycles. The van der Waals surface area contributed by atoms with Gasteiger partial charge in [-0.05, 0) is 39.4 Å². The molecule has 1 fully saturated rings. The van der Waals surface area contributed by atoms with Crippen LogP contribution in [-0.4, -0.2) is 72.9 Å². The highest BCUT2D eigenvalue weighted by Gasteiger charge is 2.30. The van der Waals surface area contributed by atoms with Crippen LogP contribution in [0.4, 0.5) is 26.2 Å². The van der Waals surface area contributed by atoms with Gasteiger partial charge in [-0.1, -0.05) is 6.92 Å². The summed E-state index contributed by atoms with van der Waals surface area (Å²) in [5.74, 6) is -0.477. The molecule has 1 amide bonds. The summed E-state index contributed by atoms with van der Waals surface area (Å²) in [5.41, 5.74) is 1.50. The molecule has 2 N–H and O–H groups in total. The van der Waals surface area contributed by atoms with Gasteiger partial charge >= 0.3 is 0 Å². The number of amides is 1. The van der Waals surface area contributed by atoms with E-state index < -0.39 is 17.2 Å². The maximum absolute atomic E-state index is 15.3. The second-order valence-corrected chi connectivity index (χ2v) is 11.3. The molecule has 6 bridgehead atoms. The van der Waals surface area contributed by atoms with E-state index in [1.165, 1.54) is 6.07 Å². The Bertz CT molecular complexity index is 1640. The Kier molecular flexibility index (Phi) is 6.90. The lowest BCUT2D eigenvalue weighted by Crippen LogP contribution is -2.45. The minimum atomic E-state index is -0.783. The number of carbonyl (C=O) groups is 1. The lowest BCUT2D eigenvalue weighted by molar-refractivity contribution is -0.117.